The van der Waals surface area contributed by atoms with E-state index in [-0.39, 0.29) is 6.61 Å². The van der Waals surface area contributed by atoms with Gasteiger partial charge < -0.3 is 29.4 Å². The highest BCUT2D eigenvalue weighted by atomic mass is 16.6. The van der Waals surface area contributed by atoms with Gasteiger partial charge >= 0.3 is 0 Å². The molecule has 0 aliphatic carbocycles. The van der Waals surface area contributed by atoms with Crippen LogP contribution in [0.5, 0.6) is 23.0 Å². The van der Waals surface area contributed by atoms with Gasteiger partial charge in [-0.15, -0.1) is 0 Å². The molecule has 0 spiro atoms. The number of hydrogen-bond acceptors (Lipinski definition) is 7. The van der Waals surface area contributed by atoms with Crippen LogP contribution < -0.4 is 24.3 Å². The van der Waals surface area contributed by atoms with Gasteiger partial charge in [0.15, 0.2) is 11.5 Å². The summed E-state index contributed by atoms with van der Waals surface area (Å²) in [5.41, 5.74) is 1.79. The standard InChI is InChI=1S/C21H25N3O5/c1-14-20-16(24-23-14)4-2-5-17(20)29-13-15(25)12-22-8-9-26-18-6-3-7-19-21(18)28-11-10-27-19/h2-7,15,22,25H,8-13H2,1H3,(H,23,24)/t15-/m0/s1. The first-order valence-corrected chi connectivity index (χ1v) is 9.69. The molecule has 1 aliphatic rings. The molecule has 154 valence electrons. The number of rotatable bonds is 9. The highest BCUT2D eigenvalue weighted by molar-refractivity contribution is 5.87. The molecule has 4 rings (SSSR count). The molecule has 1 aliphatic heterocycles. The minimum Gasteiger partial charge on any atom is -0.490 e. The SMILES string of the molecule is Cc1n[nH]c2cccc(OC[C@@H](O)CNCCOc3cccc4c3OCCO4)c12. The van der Waals surface area contributed by atoms with Crippen LogP contribution >= 0.6 is 0 Å². The molecular formula is C21H25N3O5. The zero-order valence-corrected chi connectivity index (χ0v) is 16.3. The molecular weight excluding hydrogens is 374 g/mol. The molecule has 8 heteroatoms. The number of para-hydroxylation sites is 1. The Morgan fingerprint density at radius 1 is 1.14 bits per heavy atom. The second kappa shape index (κ2) is 9.02. The Hall–Kier alpha value is -2.97. The van der Waals surface area contributed by atoms with Gasteiger partial charge in [-0.1, -0.05) is 12.1 Å². The van der Waals surface area contributed by atoms with Crippen molar-refractivity contribution in [2.75, 3.05) is 39.5 Å². The lowest BCUT2D eigenvalue weighted by Gasteiger charge is -2.21. The number of ether oxygens (including phenoxy) is 4. The Bertz CT molecular complexity index is 959. The van der Waals surface area contributed by atoms with Gasteiger partial charge in [0.1, 0.15) is 38.3 Å². The van der Waals surface area contributed by atoms with Crippen molar-refractivity contribution >= 4 is 10.9 Å². The van der Waals surface area contributed by atoms with Gasteiger partial charge in [0, 0.05) is 13.1 Å². The van der Waals surface area contributed by atoms with E-state index in [9.17, 15) is 5.11 Å². The van der Waals surface area contributed by atoms with Crippen LogP contribution in [0.4, 0.5) is 0 Å². The number of H-pyrrole nitrogens is 1. The maximum atomic E-state index is 10.2. The Kier molecular flexibility index (Phi) is 6.02. The summed E-state index contributed by atoms with van der Waals surface area (Å²) in [5.74, 6) is 2.73. The van der Waals surface area contributed by atoms with E-state index >= 15 is 0 Å². The molecule has 1 atom stereocenters. The van der Waals surface area contributed by atoms with Crippen LogP contribution in [0.2, 0.25) is 0 Å². The van der Waals surface area contributed by atoms with Gasteiger partial charge in [-0.3, -0.25) is 5.10 Å². The molecule has 0 unspecified atom stereocenters. The molecule has 0 saturated heterocycles. The minimum atomic E-state index is -0.640. The van der Waals surface area contributed by atoms with Crippen molar-refractivity contribution in [2.45, 2.75) is 13.0 Å². The number of aliphatic hydroxyl groups is 1. The van der Waals surface area contributed by atoms with E-state index in [1.54, 1.807) is 0 Å². The third kappa shape index (κ3) is 4.55. The zero-order valence-electron chi connectivity index (χ0n) is 16.3. The Morgan fingerprint density at radius 3 is 2.90 bits per heavy atom. The molecule has 2 heterocycles. The maximum Gasteiger partial charge on any atom is 0.203 e. The van der Waals surface area contributed by atoms with E-state index in [1.165, 1.54) is 0 Å². The van der Waals surface area contributed by atoms with Gasteiger partial charge in [0.2, 0.25) is 5.75 Å². The molecule has 0 fully saturated rings. The summed E-state index contributed by atoms with van der Waals surface area (Å²) >= 11 is 0. The van der Waals surface area contributed by atoms with Crippen LogP contribution in [0.15, 0.2) is 36.4 Å². The van der Waals surface area contributed by atoms with E-state index in [1.807, 2.05) is 43.3 Å². The lowest BCUT2D eigenvalue weighted by Crippen LogP contribution is -2.33. The smallest absolute Gasteiger partial charge is 0.203 e. The number of hydrogen-bond donors (Lipinski definition) is 3. The second-order valence-electron chi connectivity index (χ2n) is 6.79. The maximum absolute atomic E-state index is 10.2. The summed E-state index contributed by atoms with van der Waals surface area (Å²) in [6.45, 7) is 4.60. The normalized spacial score (nSPS) is 14.0. The van der Waals surface area contributed by atoms with Gasteiger partial charge in [0.05, 0.1) is 16.6 Å². The zero-order chi connectivity index (χ0) is 20.1. The number of aliphatic hydroxyl groups excluding tert-OH is 1. The van der Waals surface area contributed by atoms with E-state index in [2.05, 4.69) is 15.5 Å². The summed E-state index contributed by atoms with van der Waals surface area (Å²) in [6, 6.07) is 11.3. The van der Waals surface area contributed by atoms with Crippen molar-refractivity contribution in [3.63, 3.8) is 0 Å². The van der Waals surface area contributed by atoms with E-state index < -0.39 is 6.10 Å². The predicted molar refractivity (Wildman–Crippen MR) is 108 cm³/mol. The van der Waals surface area contributed by atoms with Gasteiger partial charge in [-0.05, 0) is 31.2 Å². The third-order valence-electron chi connectivity index (χ3n) is 4.61. The van der Waals surface area contributed by atoms with Gasteiger partial charge in [-0.25, -0.2) is 0 Å². The molecule has 1 aromatic heterocycles. The fourth-order valence-electron chi connectivity index (χ4n) is 3.23. The molecule has 3 N–H and O–H groups in total. The third-order valence-corrected chi connectivity index (χ3v) is 4.61. The van der Waals surface area contributed by atoms with Crippen molar-refractivity contribution in [1.29, 1.82) is 0 Å². The topological polar surface area (TPSA) is 97.9 Å². The minimum absolute atomic E-state index is 0.189. The summed E-state index contributed by atoms with van der Waals surface area (Å²) in [4.78, 5) is 0. The average molecular weight is 399 g/mol. The van der Waals surface area contributed by atoms with E-state index in [0.717, 1.165) is 16.6 Å². The van der Waals surface area contributed by atoms with Crippen molar-refractivity contribution in [2.24, 2.45) is 0 Å². The van der Waals surface area contributed by atoms with Crippen LogP contribution in [0.1, 0.15) is 5.69 Å². The second-order valence-corrected chi connectivity index (χ2v) is 6.79. The lowest BCUT2D eigenvalue weighted by molar-refractivity contribution is 0.106. The highest BCUT2D eigenvalue weighted by Crippen LogP contribution is 2.38. The van der Waals surface area contributed by atoms with Gasteiger partial charge in [-0.2, -0.15) is 5.10 Å². The summed E-state index contributed by atoms with van der Waals surface area (Å²) < 4.78 is 22.7. The largest absolute Gasteiger partial charge is 0.490 e. The number of benzene rings is 2. The Labute approximate surface area is 168 Å². The molecule has 0 saturated carbocycles. The summed E-state index contributed by atoms with van der Waals surface area (Å²) in [5, 5.41) is 21.5. The van der Waals surface area contributed by atoms with Gasteiger partial charge in [0.25, 0.3) is 0 Å². The molecule has 29 heavy (non-hydrogen) atoms. The number of aromatic amines is 1. The van der Waals surface area contributed by atoms with Crippen LogP contribution in [0, 0.1) is 6.92 Å². The first-order chi connectivity index (χ1) is 14.2. The van der Waals surface area contributed by atoms with Crippen molar-refractivity contribution in [1.82, 2.24) is 15.5 Å². The number of nitrogens with zero attached hydrogens (tertiary/aromatic N) is 1. The van der Waals surface area contributed by atoms with Crippen LogP contribution in [-0.2, 0) is 0 Å². The van der Waals surface area contributed by atoms with E-state index in [4.69, 9.17) is 18.9 Å². The van der Waals surface area contributed by atoms with Crippen molar-refractivity contribution < 1.29 is 24.1 Å². The van der Waals surface area contributed by atoms with Crippen LogP contribution in [-0.4, -0.2) is 60.9 Å². The van der Waals surface area contributed by atoms with Crippen LogP contribution in [0.3, 0.4) is 0 Å². The van der Waals surface area contributed by atoms with Crippen molar-refractivity contribution in [3.05, 3.63) is 42.1 Å². The first-order valence-electron chi connectivity index (χ1n) is 9.69. The Morgan fingerprint density at radius 2 is 1.97 bits per heavy atom. The number of fused-ring (bicyclic) bond motifs is 2. The highest BCUT2D eigenvalue weighted by Gasteiger charge is 2.16. The Balaban J connectivity index is 1.19. The predicted octanol–water partition coefficient (Wildman–Crippen LogP) is 2.05. The van der Waals surface area contributed by atoms with E-state index in [0.29, 0.717) is 55.9 Å². The summed E-state index contributed by atoms with van der Waals surface area (Å²) in [7, 11) is 0. The molecule has 8 nitrogen and oxygen atoms in total. The molecule has 3 aromatic rings. The first kappa shape index (κ1) is 19.4. The quantitative estimate of drug-likeness (QED) is 0.474. The molecule has 0 radical (unpaired) electrons. The van der Waals surface area contributed by atoms with Crippen LogP contribution in [0.25, 0.3) is 10.9 Å². The fraction of sp³-hybridized carbons (Fsp3) is 0.381. The average Bonchev–Trinajstić information content (AvgIpc) is 3.13. The van der Waals surface area contributed by atoms with Crippen molar-refractivity contribution in [3.8, 4) is 23.0 Å². The number of aryl methyl sites for hydroxylation is 1. The fourth-order valence-corrected chi connectivity index (χ4v) is 3.23. The monoisotopic (exact) mass is 399 g/mol. The molecule has 2 aromatic carbocycles. The number of aromatic nitrogens is 2. The lowest BCUT2D eigenvalue weighted by atomic mass is 10.2. The molecule has 0 bridgehead atoms. The number of nitrogens with one attached hydrogen (secondary N) is 2. The molecule has 0 amide bonds. The summed E-state index contributed by atoms with van der Waals surface area (Å²) in [6.07, 6.45) is -0.640.